The highest BCUT2D eigenvalue weighted by molar-refractivity contribution is 6.30. The monoisotopic (exact) mass is 333 g/mol. The number of hydrogen-bond donors (Lipinski definition) is 1. The van der Waals surface area contributed by atoms with Crippen LogP contribution in [0.5, 0.6) is 0 Å². The zero-order chi connectivity index (χ0) is 16.4. The molecule has 23 heavy (non-hydrogen) atoms. The summed E-state index contributed by atoms with van der Waals surface area (Å²) in [6.07, 6.45) is 1.91. The van der Waals surface area contributed by atoms with Crippen molar-refractivity contribution >= 4 is 23.1 Å². The molecule has 0 amide bonds. The minimum atomic E-state index is -0.569. The fraction of sp³-hybridized carbons (Fsp3) is 0.312. The molecule has 6 nitrogen and oxygen atoms in total. The van der Waals surface area contributed by atoms with E-state index in [0.717, 1.165) is 18.4 Å². The van der Waals surface area contributed by atoms with Crippen molar-refractivity contribution in [2.24, 2.45) is 7.05 Å². The van der Waals surface area contributed by atoms with Crippen LogP contribution in [0.25, 0.3) is 17.0 Å². The molecule has 0 aliphatic carbocycles. The van der Waals surface area contributed by atoms with Gasteiger partial charge in [-0.25, -0.2) is 14.5 Å². The third kappa shape index (κ3) is 3.22. The third-order valence-corrected chi connectivity index (χ3v) is 3.87. The lowest BCUT2D eigenvalue weighted by Crippen LogP contribution is -2.16. The lowest BCUT2D eigenvalue weighted by atomic mass is 10.1. The predicted octanol–water partition coefficient (Wildman–Crippen LogP) is 3.13. The van der Waals surface area contributed by atoms with Gasteiger partial charge in [-0.3, -0.25) is 0 Å². The largest absolute Gasteiger partial charge is 0.511 e. The van der Waals surface area contributed by atoms with Crippen molar-refractivity contribution in [2.75, 3.05) is 6.61 Å². The molecule has 0 atom stereocenters. The van der Waals surface area contributed by atoms with Crippen LogP contribution in [0.15, 0.2) is 30.0 Å². The fourth-order valence-electron chi connectivity index (χ4n) is 2.42. The number of cyclic esters (lactones) is 1. The first-order chi connectivity index (χ1) is 11.1. The van der Waals surface area contributed by atoms with Gasteiger partial charge in [0, 0.05) is 24.1 Å². The summed E-state index contributed by atoms with van der Waals surface area (Å²) < 4.78 is 6.62. The quantitative estimate of drug-likeness (QED) is 0.854. The van der Waals surface area contributed by atoms with E-state index in [1.807, 2.05) is 0 Å². The summed E-state index contributed by atoms with van der Waals surface area (Å²) in [5.41, 5.74) is 0.857. The number of benzene rings is 1. The molecule has 3 rings (SSSR count). The van der Waals surface area contributed by atoms with Crippen LogP contribution in [-0.2, 0) is 16.6 Å². The number of ether oxygens (including phenoxy) is 1. The van der Waals surface area contributed by atoms with E-state index in [-0.39, 0.29) is 11.3 Å². The first-order valence-electron chi connectivity index (χ1n) is 7.33. The van der Waals surface area contributed by atoms with Gasteiger partial charge in [-0.2, -0.15) is 5.10 Å². The van der Waals surface area contributed by atoms with Gasteiger partial charge in [0.25, 0.3) is 0 Å². The second-order valence-corrected chi connectivity index (χ2v) is 5.74. The van der Waals surface area contributed by atoms with Crippen LogP contribution < -0.4 is 0 Å². The van der Waals surface area contributed by atoms with Crippen molar-refractivity contribution in [3.05, 3.63) is 40.9 Å². The Morgan fingerprint density at radius 1 is 1.26 bits per heavy atom. The van der Waals surface area contributed by atoms with Gasteiger partial charge in [-0.15, -0.1) is 0 Å². The smallest absolute Gasteiger partial charge is 0.345 e. The zero-order valence-electron chi connectivity index (χ0n) is 12.6. The van der Waals surface area contributed by atoms with Crippen molar-refractivity contribution in [1.29, 1.82) is 0 Å². The van der Waals surface area contributed by atoms with Gasteiger partial charge in [0.1, 0.15) is 11.3 Å². The number of aromatic nitrogens is 3. The van der Waals surface area contributed by atoms with Gasteiger partial charge in [-0.05, 0) is 37.1 Å². The van der Waals surface area contributed by atoms with E-state index in [4.69, 9.17) is 16.3 Å². The fourth-order valence-corrected chi connectivity index (χ4v) is 2.54. The molecule has 1 N–H and O–H groups in total. The molecule has 0 spiro atoms. The van der Waals surface area contributed by atoms with Crippen molar-refractivity contribution in [3.8, 4) is 11.4 Å². The van der Waals surface area contributed by atoms with Crippen LogP contribution in [0, 0.1) is 0 Å². The topological polar surface area (TPSA) is 77.2 Å². The molecule has 0 bridgehead atoms. The van der Waals surface area contributed by atoms with Crippen LogP contribution in [0.4, 0.5) is 0 Å². The average Bonchev–Trinajstić information content (AvgIpc) is 2.88. The average molecular weight is 334 g/mol. The highest BCUT2D eigenvalue weighted by Gasteiger charge is 2.26. The van der Waals surface area contributed by atoms with E-state index in [0.29, 0.717) is 29.7 Å². The SMILES string of the molecule is Cn1nc(-c2ccc(Cl)cc2)nc1/C1=C(\O)CCCCOC1=O. The molecular weight excluding hydrogens is 318 g/mol. The Labute approximate surface area is 138 Å². The van der Waals surface area contributed by atoms with E-state index in [9.17, 15) is 9.90 Å². The van der Waals surface area contributed by atoms with Gasteiger partial charge in [0.15, 0.2) is 11.6 Å². The molecule has 7 heteroatoms. The summed E-state index contributed by atoms with van der Waals surface area (Å²) in [5.74, 6) is 0.168. The van der Waals surface area contributed by atoms with E-state index >= 15 is 0 Å². The summed E-state index contributed by atoms with van der Waals surface area (Å²) in [6, 6.07) is 7.08. The molecule has 2 aromatic rings. The number of hydrogen-bond acceptors (Lipinski definition) is 5. The highest BCUT2D eigenvalue weighted by Crippen LogP contribution is 2.26. The molecule has 0 fully saturated rings. The maximum atomic E-state index is 12.2. The first kappa shape index (κ1) is 15.6. The van der Waals surface area contributed by atoms with Crippen molar-refractivity contribution in [3.63, 3.8) is 0 Å². The van der Waals surface area contributed by atoms with Crippen LogP contribution in [0.2, 0.25) is 5.02 Å². The van der Waals surface area contributed by atoms with Gasteiger partial charge >= 0.3 is 5.97 Å². The lowest BCUT2D eigenvalue weighted by molar-refractivity contribution is -0.137. The number of aryl methyl sites for hydroxylation is 1. The number of allylic oxidation sites excluding steroid dienone is 1. The number of aliphatic hydroxyl groups is 1. The first-order valence-corrected chi connectivity index (χ1v) is 7.70. The number of carbonyl (C=O) groups is 1. The predicted molar refractivity (Wildman–Crippen MR) is 85.8 cm³/mol. The Balaban J connectivity index is 2.04. The second-order valence-electron chi connectivity index (χ2n) is 5.30. The van der Waals surface area contributed by atoms with Gasteiger partial charge < -0.3 is 9.84 Å². The van der Waals surface area contributed by atoms with Crippen LogP contribution in [-0.4, -0.2) is 32.4 Å². The van der Waals surface area contributed by atoms with E-state index < -0.39 is 5.97 Å². The zero-order valence-corrected chi connectivity index (χ0v) is 13.4. The van der Waals surface area contributed by atoms with Gasteiger partial charge in [-0.1, -0.05) is 11.6 Å². The van der Waals surface area contributed by atoms with Crippen molar-refractivity contribution < 1.29 is 14.6 Å². The van der Waals surface area contributed by atoms with Crippen LogP contribution in [0.1, 0.15) is 25.1 Å². The Bertz CT molecular complexity index is 765. The van der Waals surface area contributed by atoms with Crippen LogP contribution >= 0.6 is 11.6 Å². The molecule has 1 aliphatic rings. The maximum Gasteiger partial charge on any atom is 0.345 e. The minimum Gasteiger partial charge on any atom is -0.511 e. The second kappa shape index (κ2) is 6.42. The van der Waals surface area contributed by atoms with E-state index in [1.165, 1.54) is 4.68 Å². The summed E-state index contributed by atoms with van der Waals surface area (Å²) in [7, 11) is 1.67. The molecule has 0 saturated heterocycles. The van der Waals surface area contributed by atoms with Gasteiger partial charge in [0.2, 0.25) is 0 Å². The number of halogens is 1. The molecular formula is C16H16ClN3O3. The lowest BCUT2D eigenvalue weighted by Gasteiger charge is -2.13. The van der Waals surface area contributed by atoms with E-state index in [2.05, 4.69) is 10.1 Å². The summed E-state index contributed by atoms with van der Waals surface area (Å²) >= 11 is 5.88. The Kier molecular flexibility index (Phi) is 4.34. The molecule has 1 aromatic carbocycles. The minimum absolute atomic E-state index is 0.00661. The summed E-state index contributed by atoms with van der Waals surface area (Å²) in [5, 5.41) is 15.2. The molecule has 1 aromatic heterocycles. The number of esters is 1. The highest BCUT2D eigenvalue weighted by atomic mass is 35.5. The molecule has 120 valence electrons. The maximum absolute atomic E-state index is 12.2. The molecule has 0 radical (unpaired) electrons. The molecule has 2 heterocycles. The van der Waals surface area contributed by atoms with Gasteiger partial charge in [0.05, 0.1) is 6.61 Å². The Morgan fingerprint density at radius 2 is 2.00 bits per heavy atom. The van der Waals surface area contributed by atoms with Crippen molar-refractivity contribution in [2.45, 2.75) is 19.3 Å². The number of nitrogens with zero attached hydrogens (tertiary/aromatic N) is 3. The van der Waals surface area contributed by atoms with E-state index in [1.54, 1.807) is 31.3 Å². The number of carbonyl (C=O) groups excluding carboxylic acids is 1. The Morgan fingerprint density at radius 3 is 2.74 bits per heavy atom. The summed E-state index contributed by atoms with van der Waals surface area (Å²) in [6.45, 7) is 0.345. The normalized spacial score (nSPS) is 19.1. The molecule has 0 unspecified atom stereocenters. The molecule has 0 saturated carbocycles. The Hall–Kier alpha value is -2.34. The standard InChI is InChI=1S/C16H16ClN3O3/c1-20-15(13-12(21)4-2-3-9-23-16(13)22)18-14(19-20)10-5-7-11(17)8-6-10/h5-8,21H,2-4,9H2,1H3/b13-12+. The van der Waals surface area contributed by atoms with Crippen molar-refractivity contribution in [1.82, 2.24) is 14.8 Å². The molecule has 1 aliphatic heterocycles. The number of aliphatic hydroxyl groups excluding tert-OH is 1. The van der Waals surface area contributed by atoms with Crippen LogP contribution in [0.3, 0.4) is 0 Å². The number of rotatable bonds is 2. The summed E-state index contributed by atoms with van der Waals surface area (Å²) in [4.78, 5) is 16.6. The third-order valence-electron chi connectivity index (χ3n) is 3.62.